The Labute approximate surface area is 100 Å². The minimum absolute atomic E-state index is 0.135. The SMILES string of the molecule is CN(Cc1ccsc1)CC(C)(C)C(=O)NN. The number of carbonyl (C=O) groups is 1. The van der Waals surface area contributed by atoms with Crippen LogP contribution >= 0.6 is 11.3 Å². The number of nitrogens with two attached hydrogens (primary N) is 1. The highest BCUT2D eigenvalue weighted by atomic mass is 32.1. The lowest BCUT2D eigenvalue weighted by Crippen LogP contribution is -2.46. The second-order valence-electron chi connectivity index (χ2n) is 4.66. The summed E-state index contributed by atoms with van der Waals surface area (Å²) in [5.74, 6) is 5.02. The Kier molecular flexibility index (Phi) is 4.46. The Bertz CT molecular complexity index is 335. The monoisotopic (exact) mass is 241 g/mol. The molecule has 0 unspecified atom stereocenters. The number of nitrogens with one attached hydrogen (secondary N) is 1. The van der Waals surface area contributed by atoms with E-state index in [1.54, 1.807) is 11.3 Å². The Balaban J connectivity index is 2.50. The fourth-order valence-corrected chi connectivity index (χ4v) is 2.35. The van der Waals surface area contributed by atoms with E-state index in [0.29, 0.717) is 6.54 Å². The Hall–Kier alpha value is -0.910. The molecular formula is C11H19N3OS. The molecule has 0 radical (unpaired) electrons. The van der Waals surface area contributed by atoms with Gasteiger partial charge in [0.05, 0.1) is 5.41 Å². The zero-order valence-electron chi connectivity index (χ0n) is 9.99. The van der Waals surface area contributed by atoms with E-state index < -0.39 is 5.41 Å². The summed E-state index contributed by atoms with van der Waals surface area (Å²) in [6.45, 7) is 5.30. The number of thiophene rings is 1. The molecule has 0 aliphatic rings. The van der Waals surface area contributed by atoms with E-state index in [0.717, 1.165) is 6.54 Å². The molecule has 0 aliphatic carbocycles. The summed E-state index contributed by atoms with van der Waals surface area (Å²) in [7, 11) is 2.00. The van der Waals surface area contributed by atoms with Crippen molar-refractivity contribution in [2.45, 2.75) is 20.4 Å². The number of nitrogens with zero attached hydrogens (tertiary/aromatic N) is 1. The molecule has 0 saturated carbocycles. The quantitative estimate of drug-likeness (QED) is 0.462. The standard InChI is InChI=1S/C11H19N3OS/c1-11(2,10(15)13-12)8-14(3)6-9-4-5-16-7-9/h4-5,7H,6,8,12H2,1-3H3,(H,13,15). The normalized spacial score (nSPS) is 11.8. The van der Waals surface area contributed by atoms with Gasteiger partial charge in [-0.2, -0.15) is 11.3 Å². The van der Waals surface area contributed by atoms with Crippen LogP contribution in [-0.4, -0.2) is 24.4 Å². The predicted octanol–water partition coefficient (Wildman–Crippen LogP) is 1.20. The first-order chi connectivity index (χ1) is 7.45. The van der Waals surface area contributed by atoms with Gasteiger partial charge >= 0.3 is 0 Å². The highest BCUT2D eigenvalue weighted by molar-refractivity contribution is 7.07. The Morgan fingerprint density at radius 1 is 1.62 bits per heavy atom. The summed E-state index contributed by atoms with van der Waals surface area (Å²) in [6, 6.07) is 2.09. The van der Waals surface area contributed by atoms with E-state index in [-0.39, 0.29) is 5.91 Å². The van der Waals surface area contributed by atoms with Gasteiger partial charge < -0.3 is 4.90 Å². The van der Waals surface area contributed by atoms with Crippen molar-refractivity contribution in [2.24, 2.45) is 11.3 Å². The fourth-order valence-electron chi connectivity index (χ4n) is 1.69. The molecule has 1 heterocycles. The Morgan fingerprint density at radius 3 is 2.81 bits per heavy atom. The van der Waals surface area contributed by atoms with Crippen LogP contribution in [0.4, 0.5) is 0 Å². The van der Waals surface area contributed by atoms with Crippen molar-refractivity contribution in [3.05, 3.63) is 22.4 Å². The lowest BCUT2D eigenvalue weighted by atomic mass is 9.92. The molecule has 0 saturated heterocycles. The first-order valence-electron chi connectivity index (χ1n) is 5.16. The smallest absolute Gasteiger partial charge is 0.240 e. The second-order valence-corrected chi connectivity index (χ2v) is 5.44. The van der Waals surface area contributed by atoms with E-state index >= 15 is 0 Å². The van der Waals surface area contributed by atoms with Crippen LogP contribution in [0.1, 0.15) is 19.4 Å². The summed E-state index contributed by atoms with van der Waals surface area (Å²) in [4.78, 5) is 13.6. The summed E-state index contributed by atoms with van der Waals surface area (Å²) in [6.07, 6.45) is 0. The van der Waals surface area contributed by atoms with Gasteiger partial charge in [0.2, 0.25) is 5.91 Å². The highest BCUT2D eigenvalue weighted by Gasteiger charge is 2.28. The van der Waals surface area contributed by atoms with E-state index in [4.69, 9.17) is 5.84 Å². The van der Waals surface area contributed by atoms with Crippen molar-refractivity contribution in [1.29, 1.82) is 0 Å². The maximum atomic E-state index is 11.5. The van der Waals surface area contributed by atoms with Gasteiger partial charge in [-0.1, -0.05) is 0 Å². The predicted molar refractivity (Wildman–Crippen MR) is 66.8 cm³/mol. The van der Waals surface area contributed by atoms with Gasteiger partial charge in [-0.3, -0.25) is 10.2 Å². The van der Waals surface area contributed by atoms with Gasteiger partial charge in [0.15, 0.2) is 0 Å². The topological polar surface area (TPSA) is 58.4 Å². The zero-order chi connectivity index (χ0) is 12.2. The molecule has 1 amide bonds. The molecule has 0 aromatic carbocycles. The molecule has 90 valence electrons. The molecule has 1 rings (SSSR count). The molecule has 3 N–H and O–H groups in total. The molecule has 1 aromatic rings. The maximum absolute atomic E-state index is 11.5. The average Bonchev–Trinajstić information content (AvgIpc) is 2.67. The van der Waals surface area contributed by atoms with E-state index in [1.807, 2.05) is 20.9 Å². The van der Waals surface area contributed by atoms with Gasteiger partial charge in [-0.05, 0) is 43.3 Å². The third-order valence-corrected chi connectivity index (χ3v) is 3.18. The van der Waals surface area contributed by atoms with E-state index in [1.165, 1.54) is 5.56 Å². The number of hydrogen-bond donors (Lipinski definition) is 2. The van der Waals surface area contributed by atoms with Gasteiger partial charge in [-0.15, -0.1) is 0 Å². The van der Waals surface area contributed by atoms with Gasteiger partial charge in [0, 0.05) is 13.1 Å². The van der Waals surface area contributed by atoms with Gasteiger partial charge in [-0.25, -0.2) is 5.84 Å². The zero-order valence-corrected chi connectivity index (χ0v) is 10.8. The summed E-state index contributed by atoms with van der Waals surface area (Å²) in [5, 5.41) is 4.17. The molecule has 0 fully saturated rings. The van der Waals surface area contributed by atoms with Crippen molar-refractivity contribution >= 4 is 17.2 Å². The van der Waals surface area contributed by atoms with Crippen LogP contribution in [-0.2, 0) is 11.3 Å². The lowest BCUT2D eigenvalue weighted by molar-refractivity contribution is -0.130. The molecule has 0 bridgehead atoms. The summed E-state index contributed by atoms with van der Waals surface area (Å²) < 4.78 is 0. The van der Waals surface area contributed by atoms with Crippen LogP contribution in [0.5, 0.6) is 0 Å². The maximum Gasteiger partial charge on any atom is 0.240 e. The molecule has 5 heteroatoms. The van der Waals surface area contributed by atoms with Crippen molar-refractivity contribution in [3.63, 3.8) is 0 Å². The minimum atomic E-state index is -0.473. The van der Waals surface area contributed by atoms with Crippen LogP contribution < -0.4 is 11.3 Å². The van der Waals surface area contributed by atoms with Crippen LogP contribution in [0, 0.1) is 5.41 Å². The summed E-state index contributed by atoms with van der Waals surface area (Å²) >= 11 is 1.68. The van der Waals surface area contributed by atoms with Crippen LogP contribution in [0.2, 0.25) is 0 Å². The molecule has 0 spiro atoms. The third kappa shape index (κ3) is 3.59. The number of amides is 1. The van der Waals surface area contributed by atoms with Crippen molar-refractivity contribution in [2.75, 3.05) is 13.6 Å². The van der Waals surface area contributed by atoms with Crippen molar-refractivity contribution in [3.8, 4) is 0 Å². The van der Waals surface area contributed by atoms with Gasteiger partial charge in [0.25, 0.3) is 0 Å². The van der Waals surface area contributed by atoms with E-state index in [9.17, 15) is 4.79 Å². The molecule has 4 nitrogen and oxygen atoms in total. The third-order valence-electron chi connectivity index (χ3n) is 2.44. The number of rotatable bonds is 5. The molecular weight excluding hydrogens is 222 g/mol. The number of hydrogen-bond acceptors (Lipinski definition) is 4. The van der Waals surface area contributed by atoms with E-state index in [2.05, 4.69) is 27.2 Å². The molecule has 16 heavy (non-hydrogen) atoms. The minimum Gasteiger partial charge on any atom is -0.301 e. The molecule has 0 aliphatic heterocycles. The second kappa shape index (κ2) is 5.43. The highest BCUT2D eigenvalue weighted by Crippen LogP contribution is 2.18. The first kappa shape index (κ1) is 13.2. The first-order valence-corrected chi connectivity index (χ1v) is 6.10. The van der Waals surface area contributed by atoms with Crippen molar-refractivity contribution in [1.82, 2.24) is 10.3 Å². The van der Waals surface area contributed by atoms with Gasteiger partial charge in [0.1, 0.15) is 0 Å². The largest absolute Gasteiger partial charge is 0.301 e. The van der Waals surface area contributed by atoms with Crippen LogP contribution in [0.25, 0.3) is 0 Å². The molecule has 1 aromatic heterocycles. The van der Waals surface area contributed by atoms with Crippen LogP contribution in [0.3, 0.4) is 0 Å². The summed E-state index contributed by atoms with van der Waals surface area (Å²) in [5.41, 5.74) is 3.01. The van der Waals surface area contributed by atoms with Crippen LogP contribution in [0.15, 0.2) is 16.8 Å². The average molecular weight is 241 g/mol. The Morgan fingerprint density at radius 2 is 2.31 bits per heavy atom. The lowest BCUT2D eigenvalue weighted by Gasteiger charge is -2.28. The van der Waals surface area contributed by atoms with Crippen molar-refractivity contribution < 1.29 is 4.79 Å². The fraction of sp³-hybridized carbons (Fsp3) is 0.545. The number of carbonyl (C=O) groups excluding carboxylic acids is 1. The number of hydrazine groups is 1. The molecule has 0 atom stereocenters.